The Hall–Kier alpha value is -4.26. The summed E-state index contributed by atoms with van der Waals surface area (Å²) in [4.78, 5) is 15.7. The number of nitrogens with one attached hydrogen (secondary N) is 1. The van der Waals surface area contributed by atoms with Crippen LogP contribution in [0.2, 0.25) is 0 Å². The van der Waals surface area contributed by atoms with Gasteiger partial charge in [-0.3, -0.25) is 9.89 Å². The second kappa shape index (κ2) is 10.2. The van der Waals surface area contributed by atoms with Gasteiger partial charge in [-0.2, -0.15) is 5.10 Å². The van der Waals surface area contributed by atoms with Crippen LogP contribution >= 0.6 is 0 Å². The number of aromatic nitrogens is 2. The largest absolute Gasteiger partial charge is 0.507 e. The summed E-state index contributed by atoms with van der Waals surface area (Å²) >= 11 is 0. The number of methoxy groups -OCH3 is 2. The molecule has 0 spiro atoms. The molecule has 7 nitrogen and oxygen atoms in total. The fraction of sp³-hybridized carbons (Fsp3) is 0.290. The zero-order valence-corrected chi connectivity index (χ0v) is 22.5. The maximum atomic E-state index is 13.8. The molecule has 5 rings (SSSR count). The average Bonchev–Trinajstić information content (AvgIpc) is 3.45. The van der Waals surface area contributed by atoms with E-state index in [0.717, 1.165) is 34.2 Å². The van der Waals surface area contributed by atoms with Crippen molar-refractivity contribution in [3.8, 4) is 28.5 Å². The number of amides is 1. The van der Waals surface area contributed by atoms with Gasteiger partial charge in [0, 0.05) is 17.7 Å². The second-order valence-corrected chi connectivity index (χ2v) is 9.77. The molecule has 7 heteroatoms. The van der Waals surface area contributed by atoms with Gasteiger partial charge in [0.15, 0.2) is 11.5 Å². The highest BCUT2D eigenvalue weighted by molar-refractivity contribution is 6.00. The topological polar surface area (TPSA) is 87.7 Å². The van der Waals surface area contributed by atoms with Gasteiger partial charge in [-0.15, -0.1) is 0 Å². The number of H-pyrrole nitrogens is 1. The predicted octanol–water partition coefficient (Wildman–Crippen LogP) is 5.77. The van der Waals surface area contributed by atoms with Gasteiger partial charge in [0.2, 0.25) is 0 Å². The zero-order chi connectivity index (χ0) is 27.0. The predicted molar refractivity (Wildman–Crippen MR) is 147 cm³/mol. The van der Waals surface area contributed by atoms with Crippen LogP contribution in [-0.2, 0) is 12.8 Å². The number of nitrogens with zero attached hydrogens (tertiary/aromatic N) is 2. The molecule has 1 aliphatic heterocycles. The van der Waals surface area contributed by atoms with Crippen LogP contribution in [0.4, 0.5) is 0 Å². The monoisotopic (exact) mass is 511 g/mol. The van der Waals surface area contributed by atoms with Crippen LogP contribution in [0.5, 0.6) is 17.2 Å². The minimum absolute atomic E-state index is 0.104. The van der Waals surface area contributed by atoms with Gasteiger partial charge < -0.3 is 19.5 Å². The van der Waals surface area contributed by atoms with Crippen molar-refractivity contribution in [2.75, 3.05) is 20.8 Å². The highest BCUT2D eigenvalue weighted by atomic mass is 16.5. The first-order valence-corrected chi connectivity index (χ1v) is 12.9. The van der Waals surface area contributed by atoms with Gasteiger partial charge in [0.05, 0.1) is 20.3 Å². The van der Waals surface area contributed by atoms with Gasteiger partial charge in [0.25, 0.3) is 5.91 Å². The van der Waals surface area contributed by atoms with Gasteiger partial charge in [-0.05, 0) is 72.7 Å². The van der Waals surface area contributed by atoms with Gasteiger partial charge in [-0.1, -0.05) is 43.3 Å². The lowest BCUT2D eigenvalue weighted by atomic mass is 9.92. The molecular formula is C31H33N3O4. The maximum Gasteiger partial charge on any atom is 0.273 e. The normalized spacial score (nSPS) is 14.6. The Morgan fingerprint density at radius 2 is 1.68 bits per heavy atom. The van der Waals surface area contributed by atoms with Crippen molar-refractivity contribution in [1.82, 2.24) is 15.1 Å². The second-order valence-electron chi connectivity index (χ2n) is 9.77. The number of benzene rings is 3. The van der Waals surface area contributed by atoms with Gasteiger partial charge in [-0.25, -0.2) is 0 Å². The minimum atomic E-state index is -0.336. The number of carbonyl (C=O) groups is 1. The number of aromatic hydroxyl groups is 1. The molecule has 2 heterocycles. The maximum absolute atomic E-state index is 13.8. The summed E-state index contributed by atoms with van der Waals surface area (Å²) in [6.45, 7) is 6.52. The number of ether oxygens (including phenoxy) is 2. The van der Waals surface area contributed by atoms with Crippen molar-refractivity contribution in [3.63, 3.8) is 0 Å². The molecular weight excluding hydrogens is 478 g/mol. The number of hydrogen-bond acceptors (Lipinski definition) is 5. The number of rotatable bonds is 8. The molecule has 0 saturated carbocycles. The summed E-state index contributed by atoms with van der Waals surface area (Å²) < 4.78 is 10.8. The number of fused-ring (bicyclic) bond motifs is 1. The van der Waals surface area contributed by atoms with Gasteiger partial charge >= 0.3 is 0 Å². The van der Waals surface area contributed by atoms with Crippen LogP contribution in [0, 0.1) is 13.8 Å². The molecule has 0 fully saturated rings. The van der Waals surface area contributed by atoms with E-state index in [1.165, 1.54) is 5.56 Å². The Balaban J connectivity index is 1.57. The number of phenolic OH excluding ortho intramolecular Hbond substituents is 1. The summed E-state index contributed by atoms with van der Waals surface area (Å²) in [6.07, 6.45) is 1.57. The molecule has 1 aromatic heterocycles. The Morgan fingerprint density at radius 1 is 0.974 bits per heavy atom. The molecule has 0 aliphatic carbocycles. The Bertz CT molecular complexity index is 1470. The van der Waals surface area contributed by atoms with E-state index in [1.54, 1.807) is 20.3 Å². The van der Waals surface area contributed by atoms with Crippen LogP contribution in [-0.4, -0.2) is 46.9 Å². The van der Waals surface area contributed by atoms with Crippen molar-refractivity contribution in [3.05, 3.63) is 93.7 Å². The molecule has 196 valence electrons. The fourth-order valence-corrected chi connectivity index (χ4v) is 5.44. The standard InChI is InChI=1S/C31H33N3O4/c1-6-20-7-10-22(11-8-20)30-27-28(26-19(3)15-18(2)16-23(26)35)32-33-29(27)31(36)34(30)14-13-21-9-12-24(37-4)25(17-21)38-5/h7-12,15-17,30,35H,6,13-14H2,1-5H3,(H,32,33). The van der Waals surface area contributed by atoms with Crippen LogP contribution < -0.4 is 9.47 Å². The van der Waals surface area contributed by atoms with E-state index >= 15 is 0 Å². The van der Waals surface area contributed by atoms with Crippen molar-refractivity contribution in [2.45, 2.75) is 39.7 Å². The first kappa shape index (κ1) is 25.4. The first-order valence-electron chi connectivity index (χ1n) is 12.9. The van der Waals surface area contributed by atoms with Crippen molar-refractivity contribution < 1.29 is 19.4 Å². The van der Waals surface area contributed by atoms with E-state index in [0.29, 0.717) is 41.4 Å². The lowest BCUT2D eigenvalue weighted by Crippen LogP contribution is -2.31. The third kappa shape index (κ3) is 4.38. The molecule has 0 bridgehead atoms. The molecule has 4 aromatic rings. The van der Waals surface area contributed by atoms with Crippen LogP contribution in [0.25, 0.3) is 11.3 Å². The number of hydrogen-bond donors (Lipinski definition) is 2. The molecule has 1 amide bonds. The lowest BCUT2D eigenvalue weighted by molar-refractivity contribution is 0.0746. The van der Waals surface area contributed by atoms with E-state index in [9.17, 15) is 9.90 Å². The SMILES string of the molecule is CCc1ccc(C2c3c(-c4c(C)cc(C)cc4O)n[nH]c3C(=O)N2CCc2ccc(OC)c(OC)c2)cc1. The number of phenols is 1. The van der Waals surface area contributed by atoms with Crippen LogP contribution in [0.1, 0.15) is 56.8 Å². The fourth-order valence-electron chi connectivity index (χ4n) is 5.44. The molecule has 3 aromatic carbocycles. The number of aryl methyl sites for hydroxylation is 3. The highest BCUT2D eigenvalue weighted by Crippen LogP contribution is 2.45. The average molecular weight is 512 g/mol. The zero-order valence-electron chi connectivity index (χ0n) is 22.5. The smallest absolute Gasteiger partial charge is 0.273 e. The lowest BCUT2D eigenvalue weighted by Gasteiger charge is -2.27. The summed E-state index contributed by atoms with van der Waals surface area (Å²) in [5.74, 6) is 1.38. The molecule has 2 N–H and O–H groups in total. The minimum Gasteiger partial charge on any atom is -0.507 e. The van der Waals surface area contributed by atoms with Crippen molar-refractivity contribution in [2.24, 2.45) is 0 Å². The molecule has 0 saturated heterocycles. The van der Waals surface area contributed by atoms with Crippen molar-refractivity contribution in [1.29, 1.82) is 0 Å². The molecule has 1 aliphatic rings. The molecule has 0 radical (unpaired) electrons. The van der Waals surface area contributed by atoms with E-state index < -0.39 is 0 Å². The van der Waals surface area contributed by atoms with Gasteiger partial charge in [0.1, 0.15) is 17.1 Å². The summed E-state index contributed by atoms with van der Waals surface area (Å²) in [5, 5.41) is 18.5. The molecule has 1 unspecified atom stereocenters. The highest BCUT2D eigenvalue weighted by Gasteiger charge is 2.42. The quantitative estimate of drug-likeness (QED) is 0.314. The van der Waals surface area contributed by atoms with E-state index in [4.69, 9.17) is 9.47 Å². The third-order valence-electron chi connectivity index (χ3n) is 7.35. The van der Waals surface area contributed by atoms with Crippen molar-refractivity contribution >= 4 is 5.91 Å². The van der Waals surface area contributed by atoms with E-state index in [2.05, 4.69) is 41.4 Å². The molecule has 38 heavy (non-hydrogen) atoms. The van der Waals surface area contributed by atoms with Crippen LogP contribution in [0.15, 0.2) is 54.6 Å². The Labute approximate surface area is 223 Å². The third-order valence-corrected chi connectivity index (χ3v) is 7.35. The molecule has 1 atom stereocenters. The summed E-state index contributed by atoms with van der Waals surface area (Å²) in [5.41, 5.74) is 7.69. The first-order chi connectivity index (χ1) is 18.4. The Morgan fingerprint density at radius 3 is 2.34 bits per heavy atom. The summed E-state index contributed by atoms with van der Waals surface area (Å²) in [6, 6.07) is 17.6. The Kier molecular flexibility index (Phi) is 6.85. The summed E-state index contributed by atoms with van der Waals surface area (Å²) in [7, 11) is 3.23. The van der Waals surface area contributed by atoms with E-state index in [-0.39, 0.29) is 17.7 Å². The van der Waals surface area contributed by atoms with E-state index in [1.807, 2.05) is 43.0 Å². The van der Waals surface area contributed by atoms with Crippen LogP contribution in [0.3, 0.4) is 0 Å². The number of carbonyl (C=O) groups excluding carboxylic acids is 1. The number of aromatic amines is 1.